The van der Waals surface area contributed by atoms with E-state index in [-0.39, 0.29) is 0 Å². The van der Waals surface area contributed by atoms with Gasteiger partial charge in [0.1, 0.15) is 0 Å². The lowest BCUT2D eigenvalue weighted by Crippen LogP contribution is -2.34. The third-order valence-electron chi connectivity index (χ3n) is 3.78. The van der Waals surface area contributed by atoms with Crippen LogP contribution in [0.5, 0.6) is 0 Å². The van der Waals surface area contributed by atoms with Crippen LogP contribution in [0.4, 0.5) is 0 Å². The molecule has 0 bridgehead atoms. The quantitative estimate of drug-likeness (QED) is 0.914. The van der Waals surface area contributed by atoms with Crippen LogP contribution in [0.15, 0.2) is 16.6 Å². The highest BCUT2D eigenvalue weighted by atomic mass is 79.9. The molecule has 100 valence electrons. The molecular formula is C15H22BrNO. The molecule has 0 radical (unpaired) electrons. The largest absolute Gasteiger partial charge is 0.376 e. The number of rotatable bonds is 3. The van der Waals surface area contributed by atoms with Gasteiger partial charge in [-0.05, 0) is 62.9 Å². The van der Waals surface area contributed by atoms with Crippen LogP contribution in [-0.4, -0.2) is 19.8 Å². The van der Waals surface area contributed by atoms with Crippen LogP contribution in [-0.2, 0) is 4.74 Å². The minimum Gasteiger partial charge on any atom is -0.376 e. The zero-order chi connectivity index (χ0) is 13.1. The van der Waals surface area contributed by atoms with Crippen molar-refractivity contribution in [3.8, 4) is 0 Å². The molecule has 0 spiro atoms. The number of likely N-dealkylation sites (N-methyl/N-ethyl adjacent to an activating group) is 1. The molecule has 2 nitrogen and oxygen atoms in total. The fourth-order valence-corrected chi connectivity index (χ4v) is 3.17. The molecular weight excluding hydrogens is 290 g/mol. The lowest BCUT2D eigenvalue weighted by Gasteiger charge is -2.31. The van der Waals surface area contributed by atoms with Gasteiger partial charge in [0.05, 0.1) is 12.1 Å². The molecule has 1 aromatic carbocycles. The summed E-state index contributed by atoms with van der Waals surface area (Å²) >= 11 is 3.60. The molecule has 18 heavy (non-hydrogen) atoms. The van der Waals surface area contributed by atoms with Crippen LogP contribution in [0.1, 0.15) is 42.0 Å². The minimum atomic E-state index is 0.303. The van der Waals surface area contributed by atoms with E-state index in [2.05, 4.69) is 47.2 Å². The molecule has 2 unspecified atom stereocenters. The van der Waals surface area contributed by atoms with Crippen molar-refractivity contribution >= 4 is 15.9 Å². The molecule has 1 N–H and O–H groups in total. The second-order valence-corrected chi connectivity index (χ2v) is 5.98. The zero-order valence-electron chi connectivity index (χ0n) is 11.4. The van der Waals surface area contributed by atoms with E-state index in [0.29, 0.717) is 12.1 Å². The summed E-state index contributed by atoms with van der Waals surface area (Å²) in [4.78, 5) is 0. The van der Waals surface area contributed by atoms with E-state index < -0.39 is 0 Å². The number of aryl methyl sites for hydroxylation is 2. The topological polar surface area (TPSA) is 21.3 Å². The number of hydrogen-bond acceptors (Lipinski definition) is 2. The van der Waals surface area contributed by atoms with Crippen molar-refractivity contribution in [1.82, 2.24) is 5.32 Å². The standard InChI is InChI=1S/C15H22BrNO/c1-10-9-13(16)11(2)8-12(10)15(17-3)14-6-4-5-7-18-14/h8-9,14-15,17H,4-7H2,1-3H3. The van der Waals surface area contributed by atoms with Crippen LogP contribution >= 0.6 is 15.9 Å². The maximum absolute atomic E-state index is 5.94. The first-order chi connectivity index (χ1) is 8.63. The molecule has 1 aliphatic rings. The van der Waals surface area contributed by atoms with Gasteiger partial charge in [0.15, 0.2) is 0 Å². The Balaban J connectivity index is 2.28. The Morgan fingerprint density at radius 3 is 2.67 bits per heavy atom. The van der Waals surface area contributed by atoms with Gasteiger partial charge in [-0.2, -0.15) is 0 Å². The van der Waals surface area contributed by atoms with E-state index in [9.17, 15) is 0 Å². The van der Waals surface area contributed by atoms with Crippen molar-refractivity contribution in [3.63, 3.8) is 0 Å². The summed E-state index contributed by atoms with van der Waals surface area (Å²) in [5.41, 5.74) is 3.97. The third kappa shape index (κ3) is 2.95. The van der Waals surface area contributed by atoms with Gasteiger partial charge in [-0.15, -0.1) is 0 Å². The normalized spacial score (nSPS) is 21.9. The Hall–Kier alpha value is -0.380. The molecule has 1 aromatic rings. The van der Waals surface area contributed by atoms with E-state index in [1.165, 1.54) is 34.0 Å². The first kappa shape index (κ1) is 14.0. The van der Waals surface area contributed by atoms with Crippen molar-refractivity contribution in [2.45, 2.75) is 45.3 Å². The summed E-state index contributed by atoms with van der Waals surface area (Å²) < 4.78 is 7.12. The van der Waals surface area contributed by atoms with Gasteiger partial charge in [0.25, 0.3) is 0 Å². The maximum atomic E-state index is 5.94. The highest BCUT2D eigenvalue weighted by molar-refractivity contribution is 9.10. The van der Waals surface area contributed by atoms with Crippen LogP contribution < -0.4 is 5.32 Å². The lowest BCUT2D eigenvalue weighted by atomic mass is 9.92. The second kappa shape index (κ2) is 6.18. The van der Waals surface area contributed by atoms with Crippen molar-refractivity contribution in [1.29, 1.82) is 0 Å². The average molecular weight is 312 g/mol. The lowest BCUT2D eigenvalue weighted by molar-refractivity contribution is -0.00675. The summed E-state index contributed by atoms with van der Waals surface area (Å²) in [7, 11) is 2.03. The number of hydrogen-bond donors (Lipinski definition) is 1. The predicted octanol–water partition coefficient (Wildman–Crippen LogP) is 3.90. The number of halogens is 1. The highest BCUT2D eigenvalue weighted by Crippen LogP contribution is 2.31. The SMILES string of the molecule is CNC(c1cc(C)c(Br)cc1C)C1CCCCO1. The van der Waals surface area contributed by atoms with E-state index in [0.717, 1.165) is 13.0 Å². The van der Waals surface area contributed by atoms with Gasteiger partial charge in [-0.1, -0.05) is 22.0 Å². The Bertz CT molecular complexity index is 413. The van der Waals surface area contributed by atoms with E-state index in [4.69, 9.17) is 4.74 Å². The minimum absolute atomic E-state index is 0.303. The highest BCUT2D eigenvalue weighted by Gasteiger charge is 2.26. The summed E-state index contributed by atoms with van der Waals surface area (Å²) in [5.74, 6) is 0. The van der Waals surface area contributed by atoms with Crippen molar-refractivity contribution in [2.24, 2.45) is 0 Å². The summed E-state index contributed by atoms with van der Waals surface area (Å²) in [6.45, 7) is 5.21. The Labute approximate surface area is 118 Å². The van der Waals surface area contributed by atoms with Crippen molar-refractivity contribution in [3.05, 3.63) is 33.3 Å². The molecule has 1 saturated heterocycles. The molecule has 0 aromatic heterocycles. The number of benzene rings is 1. The van der Waals surface area contributed by atoms with Crippen LogP contribution in [0, 0.1) is 13.8 Å². The fraction of sp³-hybridized carbons (Fsp3) is 0.600. The Morgan fingerprint density at radius 1 is 1.28 bits per heavy atom. The van der Waals surface area contributed by atoms with Gasteiger partial charge >= 0.3 is 0 Å². The summed E-state index contributed by atoms with van der Waals surface area (Å²) in [6.07, 6.45) is 3.94. The fourth-order valence-electron chi connectivity index (χ4n) is 2.71. The molecule has 1 aliphatic heterocycles. The molecule has 0 amide bonds. The third-order valence-corrected chi connectivity index (χ3v) is 4.63. The summed E-state index contributed by atoms with van der Waals surface area (Å²) in [6, 6.07) is 4.79. The van der Waals surface area contributed by atoms with Crippen molar-refractivity contribution < 1.29 is 4.74 Å². The van der Waals surface area contributed by atoms with Crippen LogP contribution in [0.2, 0.25) is 0 Å². The van der Waals surface area contributed by atoms with Gasteiger partial charge in [-0.25, -0.2) is 0 Å². The van der Waals surface area contributed by atoms with Gasteiger partial charge < -0.3 is 10.1 Å². The molecule has 2 rings (SSSR count). The predicted molar refractivity (Wildman–Crippen MR) is 79.0 cm³/mol. The van der Waals surface area contributed by atoms with Gasteiger partial charge in [0.2, 0.25) is 0 Å². The Morgan fingerprint density at radius 2 is 2.06 bits per heavy atom. The Kier molecular flexibility index (Phi) is 4.82. The van der Waals surface area contributed by atoms with Gasteiger partial charge in [0, 0.05) is 11.1 Å². The van der Waals surface area contributed by atoms with E-state index in [1.807, 2.05) is 7.05 Å². The molecule has 0 aliphatic carbocycles. The van der Waals surface area contributed by atoms with Crippen LogP contribution in [0.3, 0.4) is 0 Å². The summed E-state index contributed by atoms with van der Waals surface area (Å²) in [5, 5.41) is 3.44. The van der Waals surface area contributed by atoms with E-state index >= 15 is 0 Å². The molecule has 1 fully saturated rings. The number of ether oxygens (including phenoxy) is 1. The zero-order valence-corrected chi connectivity index (χ0v) is 13.0. The van der Waals surface area contributed by atoms with Crippen molar-refractivity contribution in [2.75, 3.05) is 13.7 Å². The number of nitrogens with one attached hydrogen (secondary N) is 1. The molecule has 1 heterocycles. The molecule has 3 heteroatoms. The maximum Gasteiger partial charge on any atom is 0.0769 e. The van der Waals surface area contributed by atoms with Crippen LogP contribution in [0.25, 0.3) is 0 Å². The molecule has 0 saturated carbocycles. The first-order valence-corrected chi connectivity index (χ1v) is 7.48. The monoisotopic (exact) mass is 311 g/mol. The first-order valence-electron chi connectivity index (χ1n) is 6.69. The van der Waals surface area contributed by atoms with E-state index in [1.54, 1.807) is 0 Å². The van der Waals surface area contributed by atoms with Gasteiger partial charge in [-0.3, -0.25) is 0 Å². The smallest absolute Gasteiger partial charge is 0.0769 e. The average Bonchev–Trinajstić information content (AvgIpc) is 2.38. The second-order valence-electron chi connectivity index (χ2n) is 5.13. The molecule has 2 atom stereocenters.